The van der Waals surface area contributed by atoms with Crippen LogP contribution in [0.2, 0.25) is 0 Å². The van der Waals surface area contributed by atoms with E-state index >= 15 is 0 Å². The van der Waals surface area contributed by atoms with E-state index in [4.69, 9.17) is 9.47 Å². The second-order valence-electron chi connectivity index (χ2n) is 6.47. The molecule has 1 aromatic carbocycles. The largest absolute Gasteiger partial charge is 0.493 e. The lowest BCUT2D eigenvalue weighted by molar-refractivity contribution is 0.194. The summed E-state index contributed by atoms with van der Waals surface area (Å²) < 4.78 is 10.6. The maximum Gasteiger partial charge on any atom is 0.195 e. The van der Waals surface area contributed by atoms with Gasteiger partial charge in [0.2, 0.25) is 0 Å². The zero-order valence-electron chi connectivity index (χ0n) is 16.0. The summed E-state index contributed by atoms with van der Waals surface area (Å²) in [4.78, 5) is 6.76. The number of rotatable bonds is 7. The molecule has 6 heteroatoms. The van der Waals surface area contributed by atoms with Crippen LogP contribution in [0.1, 0.15) is 32.1 Å². The number of benzene rings is 1. The highest BCUT2D eigenvalue weighted by Gasteiger charge is 2.17. The lowest BCUT2D eigenvalue weighted by Gasteiger charge is -2.31. The molecular formula is C19H32N4O2. The fourth-order valence-electron chi connectivity index (χ4n) is 3.28. The van der Waals surface area contributed by atoms with E-state index in [1.807, 2.05) is 18.2 Å². The molecule has 1 fully saturated rings. The van der Waals surface area contributed by atoms with E-state index < -0.39 is 0 Å². The van der Waals surface area contributed by atoms with Gasteiger partial charge in [0.05, 0.1) is 14.2 Å². The molecule has 0 spiro atoms. The molecule has 0 amide bonds. The second kappa shape index (κ2) is 10.1. The van der Waals surface area contributed by atoms with Gasteiger partial charge in [0.25, 0.3) is 0 Å². The van der Waals surface area contributed by atoms with Crippen molar-refractivity contribution in [1.29, 1.82) is 0 Å². The van der Waals surface area contributed by atoms with Gasteiger partial charge in [-0.05, 0) is 32.0 Å². The van der Waals surface area contributed by atoms with E-state index in [0.717, 1.165) is 30.8 Å². The highest BCUT2D eigenvalue weighted by atomic mass is 16.5. The van der Waals surface area contributed by atoms with Crippen LogP contribution in [0.4, 0.5) is 5.69 Å². The molecular weight excluding hydrogens is 316 g/mol. The summed E-state index contributed by atoms with van der Waals surface area (Å²) in [6, 6.07) is 6.46. The van der Waals surface area contributed by atoms with Gasteiger partial charge in [-0.15, -0.1) is 0 Å². The molecule has 1 saturated carbocycles. The number of likely N-dealkylation sites (N-methyl/N-ethyl adjacent to an activating group) is 1. The van der Waals surface area contributed by atoms with Crippen molar-refractivity contribution in [3.63, 3.8) is 0 Å². The topological polar surface area (TPSA) is 58.1 Å². The number of hydrogen-bond acceptors (Lipinski definition) is 4. The van der Waals surface area contributed by atoms with Gasteiger partial charge in [0, 0.05) is 37.9 Å². The summed E-state index contributed by atoms with van der Waals surface area (Å²) in [5.41, 5.74) is 0.909. The maximum atomic E-state index is 5.34. The number of ether oxygens (including phenoxy) is 2. The van der Waals surface area contributed by atoms with Crippen molar-refractivity contribution in [1.82, 2.24) is 10.2 Å². The summed E-state index contributed by atoms with van der Waals surface area (Å²) in [5, 5.41) is 6.67. The van der Waals surface area contributed by atoms with Crippen molar-refractivity contribution in [3.8, 4) is 11.5 Å². The van der Waals surface area contributed by atoms with Gasteiger partial charge in [0.15, 0.2) is 17.5 Å². The Kier molecular flexibility index (Phi) is 7.85. The van der Waals surface area contributed by atoms with Gasteiger partial charge < -0.3 is 25.0 Å². The van der Waals surface area contributed by atoms with Crippen LogP contribution >= 0.6 is 0 Å². The Balaban J connectivity index is 1.82. The third-order valence-electron chi connectivity index (χ3n) is 4.82. The number of nitrogens with zero attached hydrogens (tertiary/aromatic N) is 2. The summed E-state index contributed by atoms with van der Waals surface area (Å²) in [6.45, 7) is 1.87. The first-order valence-corrected chi connectivity index (χ1v) is 9.08. The summed E-state index contributed by atoms with van der Waals surface area (Å²) >= 11 is 0. The number of guanidine groups is 1. The SMILES string of the molecule is CN=C(NCCN(C)C1CCCCC1)Nc1ccc(OC)c(OC)c1. The van der Waals surface area contributed by atoms with E-state index in [-0.39, 0.29) is 0 Å². The van der Waals surface area contributed by atoms with Crippen molar-refractivity contribution < 1.29 is 9.47 Å². The fraction of sp³-hybridized carbons (Fsp3) is 0.632. The Morgan fingerprint density at radius 3 is 2.52 bits per heavy atom. The molecule has 0 atom stereocenters. The van der Waals surface area contributed by atoms with Gasteiger partial charge in [-0.25, -0.2) is 0 Å². The van der Waals surface area contributed by atoms with Crippen LogP contribution in [0.5, 0.6) is 11.5 Å². The fourth-order valence-corrected chi connectivity index (χ4v) is 3.28. The molecule has 0 radical (unpaired) electrons. The van der Waals surface area contributed by atoms with Crippen molar-refractivity contribution in [3.05, 3.63) is 18.2 Å². The van der Waals surface area contributed by atoms with Crippen LogP contribution in [0.15, 0.2) is 23.2 Å². The molecule has 25 heavy (non-hydrogen) atoms. The minimum absolute atomic E-state index is 0.694. The van der Waals surface area contributed by atoms with Crippen LogP contribution in [0.3, 0.4) is 0 Å². The highest BCUT2D eigenvalue weighted by Crippen LogP contribution is 2.29. The molecule has 2 rings (SSSR count). The smallest absolute Gasteiger partial charge is 0.195 e. The normalized spacial score (nSPS) is 16.0. The van der Waals surface area contributed by atoms with Crippen LogP contribution < -0.4 is 20.1 Å². The molecule has 0 bridgehead atoms. The number of aliphatic imine (C=N–C) groups is 1. The zero-order valence-corrected chi connectivity index (χ0v) is 16.0. The van der Waals surface area contributed by atoms with Gasteiger partial charge in [-0.2, -0.15) is 0 Å². The first-order chi connectivity index (χ1) is 12.2. The van der Waals surface area contributed by atoms with Gasteiger partial charge in [0.1, 0.15) is 0 Å². The van der Waals surface area contributed by atoms with Crippen LogP contribution in [-0.2, 0) is 0 Å². The molecule has 0 aliphatic heterocycles. The Hall–Kier alpha value is -1.95. The van der Waals surface area contributed by atoms with Crippen molar-refractivity contribution in [2.45, 2.75) is 38.1 Å². The standard InChI is InChI=1S/C19H32N4O2/c1-20-19(21-12-13-23(2)16-8-6-5-7-9-16)22-15-10-11-17(24-3)18(14-15)25-4/h10-11,14,16H,5-9,12-13H2,1-4H3,(H2,20,21,22). The van der Waals surface area contributed by atoms with Crippen LogP contribution in [0, 0.1) is 0 Å². The third-order valence-corrected chi connectivity index (χ3v) is 4.82. The molecule has 140 valence electrons. The van der Waals surface area contributed by atoms with E-state index in [1.54, 1.807) is 21.3 Å². The van der Waals surface area contributed by atoms with Crippen LogP contribution in [0.25, 0.3) is 0 Å². The second-order valence-corrected chi connectivity index (χ2v) is 6.47. The Morgan fingerprint density at radius 2 is 1.88 bits per heavy atom. The first-order valence-electron chi connectivity index (χ1n) is 9.08. The highest BCUT2D eigenvalue weighted by molar-refractivity contribution is 5.93. The van der Waals surface area contributed by atoms with E-state index in [0.29, 0.717) is 11.5 Å². The molecule has 6 nitrogen and oxygen atoms in total. The quantitative estimate of drug-likeness (QED) is 0.586. The predicted octanol–water partition coefficient (Wildman–Crippen LogP) is 2.96. The lowest BCUT2D eigenvalue weighted by Crippen LogP contribution is -2.41. The van der Waals surface area contributed by atoms with Crippen molar-refractivity contribution in [2.24, 2.45) is 4.99 Å². The van der Waals surface area contributed by atoms with E-state index in [2.05, 4.69) is 27.6 Å². The van der Waals surface area contributed by atoms with Gasteiger partial charge >= 0.3 is 0 Å². The molecule has 2 N–H and O–H groups in total. The van der Waals surface area contributed by atoms with Crippen molar-refractivity contribution in [2.75, 3.05) is 46.7 Å². The molecule has 0 aromatic heterocycles. The number of hydrogen-bond donors (Lipinski definition) is 2. The molecule has 0 saturated heterocycles. The maximum absolute atomic E-state index is 5.34. The average Bonchev–Trinajstić information content (AvgIpc) is 2.67. The number of methoxy groups -OCH3 is 2. The molecule has 0 heterocycles. The predicted molar refractivity (Wildman–Crippen MR) is 104 cm³/mol. The van der Waals surface area contributed by atoms with Gasteiger partial charge in [-0.1, -0.05) is 19.3 Å². The van der Waals surface area contributed by atoms with Gasteiger partial charge in [-0.3, -0.25) is 4.99 Å². The summed E-state index contributed by atoms with van der Waals surface area (Å²) in [5.74, 6) is 2.16. The summed E-state index contributed by atoms with van der Waals surface area (Å²) in [7, 11) is 7.27. The van der Waals surface area contributed by atoms with Crippen LogP contribution in [-0.4, -0.2) is 58.3 Å². The minimum Gasteiger partial charge on any atom is -0.493 e. The third kappa shape index (κ3) is 5.81. The zero-order chi connectivity index (χ0) is 18.1. The molecule has 1 aromatic rings. The average molecular weight is 348 g/mol. The van der Waals surface area contributed by atoms with E-state index in [1.165, 1.54) is 32.1 Å². The molecule has 1 aliphatic rings. The summed E-state index contributed by atoms with van der Waals surface area (Å²) in [6.07, 6.45) is 6.78. The Labute approximate surface area is 151 Å². The first kappa shape index (κ1) is 19.4. The Morgan fingerprint density at radius 1 is 1.16 bits per heavy atom. The number of nitrogens with one attached hydrogen (secondary N) is 2. The number of anilines is 1. The molecule has 1 aliphatic carbocycles. The lowest BCUT2D eigenvalue weighted by atomic mass is 9.94. The minimum atomic E-state index is 0.694. The monoisotopic (exact) mass is 348 g/mol. The Bertz CT molecular complexity index is 556. The van der Waals surface area contributed by atoms with E-state index in [9.17, 15) is 0 Å². The van der Waals surface area contributed by atoms with Crippen molar-refractivity contribution >= 4 is 11.6 Å². The molecule has 0 unspecified atom stereocenters.